The number of para-hydroxylation sites is 1. The number of halogens is 1. The van der Waals surface area contributed by atoms with Gasteiger partial charge in [-0.1, -0.05) is 18.2 Å². The third-order valence-electron chi connectivity index (χ3n) is 4.95. The lowest BCUT2D eigenvalue weighted by atomic mass is 10.1. The van der Waals surface area contributed by atoms with Crippen LogP contribution in [0.2, 0.25) is 0 Å². The Balaban J connectivity index is 1.63. The molecule has 0 saturated carbocycles. The number of anilines is 2. The molecule has 0 aliphatic rings. The molecule has 0 spiro atoms. The number of nitrogens with one attached hydrogen (secondary N) is 2. The first-order valence-corrected chi connectivity index (χ1v) is 11.5. The average Bonchev–Trinajstić information content (AvgIpc) is 2.77. The van der Waals surface area contributed by atoms with E-state index in [1.165, 1.54) is 55.5 Å². The Morgan fingerprint density at radius 2 is 1.61 bits per heavy atom. The van der Waals surface area contributed by atoms with Crippen LogP contribution in [0, 0.1) is 19.7 Å². The normalized spacial score (nSPS) is 12.0. The number of carbonyl (C=O) groups is 2. The van der Waals surface area contributed by atoms with Crippen LogP contribution in [0.25, 0.3) is 0 Å². The molecule has 3 aromatic carbocycles. The van der Waals surface area contributed by atoms with Crippen molar-refractivity contribution in [1.29, 1.82) is 0 Å². The number of sulfonamides is 1. The molecule has 33 heavy (non-hydrogen) atoms. The second-order valence-electron chi connectivity index (χ2n) is 7.45. The van der Waals surface area contributed by atoms with E-state index < -0.39 is 33.8 Å². The van der Waals surface area contributed by atoms with E-state index >= 15 is 0 Å². The van der Waals surface area contributed by atoms with Gasteiger partial charge in [0.15, 0.2) is 6.10 Å². The van der Waals surface area contributed by atoms with Crippen molar-refractivity contribution in [2.24, 2.45) is 0 Å². The Bertz CT molecular complexity index is 1290. The molecule has 0 fully saturated rings. The molecule has 9 heteroatoms. The zero-order valence-electron chi connectivity index (χ0n) is 18.3. The number of esters is 1. The third kappa shape index (κ3) is 5.95. The summed E-state index contributed by atoms with van der Waals surface area (Å²) in [6, 6.07) is 16.0. The van der Waals surface area contributed by atoms with Crippen LogP contribution in [-0.2, 0) is 19.6 Å². The first kappa shape index (κ1) is 23.9. The third-order valence-corrected chi connectivity index (χ3v) is 6.33. The predicted octanol–water partition coefficient (Wildman–Crippen LogP) is 4.43. The van der Waals surface area contributed by atoms with Crippen LogP contribution in [0.1, 0.15) is 28.4 Å². The van der Waals surface area contributed by atoms with Crippen LogP contribution in [0.4, 0.5) is 15.8 Å². The molecule has 1 unspecified atom stereocenters. The van der Waals surface area contributed by atoms with Crippen molar-refractivity contribution in [2.75, 3.05) is 10.0 Å². The van der Waals surface area contributed by atoms with Crippen molar-refractivity contribution in [3.8, 4) is 0 Å². The lowest BCUT2D eigenvalue weighted by Gasteiger charge is -2.14. The fourth-order valence-electron chi connectivity index (χ4n) is 2.85. The minimum atomic E-state index is -3.80. The maximum Gasteiger partial charge on any atom is 0.338 e. The van der Waals surface area contributed by atoms with Crippen LogP contribution >= 0.6 is 0 Å². The van der Waals surface area contributed by atoms with Gasteiger partial charge in [-0.15, -0.1) is 0 Å². The molecule has 0 bridgehead atoms. The lowest BCUT2D eigenvalue weighted by Crippen LogP contribution is -2.30. The average molecular weight is 471 g/mol. The summed E-state index contributed by atoms with van der Waals surface area (Å²) >= 11 is 0. The number of ether oxygens (including phenoxy) is 1. The van der Waals surface area contributed by atoms with E-state index in [-0.39, 0.29) is 21.8 Å². The van der Waals surface area contributed by atoms with Gasteiger partial charge in [0.25, 0.3) is 15.9 Å². The number of amides is 1. The molecular weight excluding hydrogens is 447 g/mol. The highest BCUT2D eigenvalue weighted by atomic mass is 32.2. The Morgan fingerprint density at radius 1 is 0.939 bits per heavy atom. The summed E-state index contributed by atoms with van der Waals surface area (Å²) < 4.78 is 46.5. The number of carbonyl (C=O) groups excluding carboxylic acids is 2. The van der Waals surface area contributed by atoms with Gasteiger partial charge < -0.3 is 10.1 Å². The van der Waals surface area contributed by atoms with Crippen molar-refractivity contribution in [1.82, 2.24) is 0 Å². The van der Waals surface area contributed by atoms with Gasteiger partial charge in [-0.3, -0.25) is 9.52 Å². The number of aryl methyl sites for hydroxylation is 2. The van der Waals surface area contributed by atoms with Crippen molar-refractivity contribution in [3.05, 3.63) is 89.2 Å². The van der Waals surface area contributed by atoms with Gasteiger partial charge in [0.2, 0.25) is 0 Å². The second-order valence-corrected chi connectivity index (χ2v) is 9.13. The molecule has 3 aromatic rings. The Labute approximate surface area is 191 Å². The molecule has 2 N–H and O–H groups in total. The summed E-state index contributed by atoms with van der Waals surface area (Å²) in [6.07, 6.45) is -1.18. The monoisotopic (exact) mass is 470 g/mol. The molecule has 0 aliphatic carbocycles. The van der Waals surface area contributed by atoms with E-state index in [1.807, 2.05) is 13.8 Å². The summed E-state index contributed by atoms with van der Waals surface area (Å²) in [5, 5.41) is 2.36. The van der Waals surface area contributed by atoms with Gasteiger partial charge in [-0.2, -0.15) is 0 Å². The van der Waals surface area contributed by atoms with Gasteiger partial charge in [-0.05, 0) is 80.4 Å². The summed E-state index contributed by atoms with van der Waals surface area (Å²) in [6.45, 7) is 5.08. The summed E-state index contributed by atoms with van der Waals surface area (Å²) in [4.78, 5) is 24.7. The van der Waals surface area contributed by atoms with Crippen molar-refractivity contribution in [2.45, 2.75) is 31.8 Å². The molecule has 1 amide bonds. The molecule has 3 rings (SSSR count). The Morgan fingerprint density at radius 3 is 2.24 bits per heavy atom. The zero-order chi connectivity index (χ0) is 24.2. The molecule has 172 valence electrons. The van der Waals surface area contributed by atoms with Crippen molar-refractivity contribution in [3.63, 3.8) is 0 Å². The van der Waals surface area contributed by atoms with Crippen LogP contribution in [-0.4, -0.2) is 26.4 Å². The largest absolute Gasteiger partial charge is 0.449 e. The molecule has 1 atom stereocenters. The van der Waals surface area contributed by atoms with E-state index in [1.54, 1.807) is 18.2 Å². The van der Waals surface area contributed by atoms with E-state index in [0.717, 1.165) is 11.1 Å². The highest BCUT2D eigenvalue weighted by Gasteiger charge is 2.20. The highest BCUT2D eigenvalue weighted by Crippen LogP contribution is 2.20. The maximum absolute atomic E-state index is 13.7. The fraction of sp³-hybridized carbons (Fsp3) is 0.167. The van der Waals surface area contributed by atoms with Crippen molar-refractivity contribution < 1.29 is 27.1 Å². The summed E-state index contributed by atoms with van der Waals surface area (Å²) in [5.74, 6) is -2.08. The molecule has 0 heterocycles. The Hall–Kier alpha value is -3.72. The molecular formula is C24H23FN2O5S. The molecule has 0 radical (unpaired) electrons. The van der Waals surface area contributed by atoms with Gasteiger partial charge in [0, 0.05) is 5.69 Å². The highest BCUT2D eigenvalue weighted by molar-refractivity contribution is 7.92. The smallest absolute Gasteiger partial charge is 0.338 e. The van der Waals surface area contributed by atoms with Gasteiger partial charge in [-0.25, -0.2) is 17.6 Å². The molecule has 0 aliphatic heterocycles. The van der Waals surface area contributed by atoms with Gasteiger partial charge in [0.05, 0.1) is 16.1 Å². The summed E-state index contributed by atoms with van der Waals surface area (Å²) in [5.41, 5.74) is 2.19. The van der Waals surface area contributed by atoms with Gasteiger partial charge >= 0.3 is 5.97 Å². The first-order valence-electron chi connectivity index (χ1n) is 10.0. The number of benzene rings is 3. The standard InChI is InChI=1S/C24H23FN2O5S/c1-15-8-13-20(14-16(15)2)33(30,31)27-19-11-9-18(10-12-19)24(29)32-17(3)23(28)26-22-7-5-4-6-21(22)25/h4-14,17,27H,1-3H3,(H,26,28). The molecule has 7 nitrogen and oxygen atoms in total. The minimum Gasteiger partial charge on any atom is -0.449 e. The predicted molar refractivity (Wildman–Crippen MR) is 123 cm³/mol. The zero-order valence-corrected chi connectivity index (χ0v) is 19.1. The van der Waals surface area contributed by atoms with Crippen LogP contribution in [0.3, 0.4) is 0 Å². The van der Waals surface area contributed by atoms with Crippen molar-refractivity contribution >= 4 is 33.3 Å². The number of hydrogen-bond acceptors (Lipinski definition) is 5. The van der Waals surface area contributed by atoms with E-state index in [2.05, 4.69) is 10.0 Å². The van der Waals surface area contributed by atoms with Crippen LogP contribution < -0.4 is 10.0 Å². The fourth-order valence-corrected chi connectivity index (χ4v) is 3.99. The quantitative estimate of drug-likeness (QED) is 0.498. The van der Waals surface area contributed by atoms with Gasteiger partial charge in [0.1, 0.15) is 5.82 Å². The van der Waals surface area contributed by atoms with Crippen LogP contribution in [0.5, 0.6) is 0 Å². The topological polar surface area (TPSA) is 102 Å². The molecule has 0 aromatic heterocycles. The minimum absolute atomic E-state index is 0.0224. The number of rotatable bonds is 7. The van der Waals surface area contributed by atoms with Crippen LogP contribution in [0.15, 0.2) is 71.6 Å². The van der Waals surface area contributed by atoms with E-state index in [4.69, 9.17) is 4.74 Å². The van der Waals surface area contributed by atoms with E-state index in [0.29, 0.717) is 0 Å². The van der Waals surface area contributed by atoms with E-state index in [9.17, 15) is 22.4 Å². The second kappa shape index (κ2) is 9.83. The SMILES string of the molecule is Cc1ccc(S(=O)(=O)Nc2ccc(C(=O)OC(C)C(=O)Nc3ccccc3F)cc2)cc1C. The first-order chi connectivity index (χ1) is 15.6. The lowest BCUT2D eigenvalue weighted by molar-refractivity contribution is -0.123. The summed E-state index contributed by atoms with van der Waals surface area (Å²) in [7, 11) is -3.80. The maximum atomic E-state index is 13.7. The Kier molecular flexibility index (Phi) is 7.13. The molecule has 0 saturated heterocycles. The number of hydrogen-bond donors (Lipinski definition) is 2.